The van der Waals surface area contributed by atoms with Gasteiger partial charge in [0.2, 0.25) is 5.91 Å². The average molecular weight is 533 g/mol. The van der Waals surface area contributed by atoms with Gasteiger partial charge in [0.15, 0.2) is 0 Å². The van der Waals surface area contributed by atoms with E-state index in [1.165, 1.54) is 23.1 Å². The van der Waals surface area contributed by atoms with Gasteiger partial charge < -0.3 is 11.1 Å². The maximum Gasteiger partial charge on any atom is 0.306 e. The van der Waals surface area contributed by atoms with Gasteiger partial charge in [0.25, 0.3) is 12.3 Å². The van der Waals surface area contributed by atoms with Crippen molar-refractivity contribution in [3.8, 4) is 11.1 Å². The van der Waals surface area contributed by atoms with Crippen LogP contribution in [0.5, 0.6) is 0 Å². The van der Waals surface area contributed by atoms with Gasteiger partial charge in [-0.25, -0.2) is 13.8 Å². The number of primary amides is 1. The Morgan fingerprint density at radius 3 is 2.57 bits per heavy atom. The zero-order chi connectivity index (χ0) is 27.0. The Bertz CT molecular complexity index is 1530. The summed E-state index contributed by atoms with van der Waals surface area (Å²) in [4.78, 5) is 39.8. The van der Waals surface area contributed by atoms with Crippen molar-refractivity contribution in [3.05, 3.63) is 51.0 Å². The Kier molecular flexibility index (Phi) is 6.98. The zero-order valence-corrected chi connectivity index (χ0v) is 20.8. The first-order valence-corrected chi connectivity index (χ1v) is 11.9. The van der Waals surface area contributed by atoms with Crippen molar-refractivity contribution in [2.45, 2.75) is 40.3 Å². The summed E-state index contributed by atoms with van der Waals surface area (Å²) in [6.07, 6.45) is 0.920. The molecule has 0 saturated heterocycles. The molecule has 4 heterocycles. The lowest BCUT2D eigenvalue weighted by atomic mass is 10.0. The molecule has 1 unspecified atom stereocenters. The number of fused-ring (bicyclic) bond motifs is 1. The van der Waals surface area contributed by atoms with E-state index in [9.17, 15) is 28.5 Å². The Balaban J connectivity index is 1.80. The predicted molar refractivity (Wildman–Crippen MR) is 131 cm³/mol. The van der Waals surface area contributed by atoms with Crippen molar-refractivity contribution in [1.82, 2.24) is 24.5 Å². The summed E-state index contributed by atoms with van der Waals surface area (Å²) in [5.74, 6) is -2.14. The summed E-state index contributed by atoms with van der Waals surface area (Å²) < 4.78 is 30.4. The highest BCUT2D eigenvalue weighted by atomic mass is 32.1. The van der Waals surface area contributed by atoms with E-state index in [2.05, 4.69) is 20.5 Å². The molecule has 4 aromatic heterocycles. The molecule has 0 fully saturated rings. The van der Waals surface area contributed by atoms with Crippen LogP contribution in [0.1, 0.15) is 41.3 Å². The van der Waals surface area contributed by atoms with Crippen molar-refractivity contribution >= 4 is 44.7 Å². The molecule has 0 saturated carbocycles. The van der Waals surface area contributed by atoms with Crippen LogP contribution in [-0.4, -0.2) is 41.3 Å². The molecule has 0 radical (unpaired) electrons. The summed E-state index contributed by atoms with van der Waals surface area (Å²) in [6.45, 7) is 5.80. The van der Waals surface area contributed by atoms with E-state index < -0.39 is 34.8 Å². The Morgan fingerprint density at radius 2 is 2.00 bits per heavy atom. The molecule has 0 aliphatic heterocycles. The molecule has 12 nitrogen and oxygen atoms in total. The number of halogens is 2. The van der Waals surface area contributed by atoms with Crippen molar-refractivity contribution in [2.75, 3.05) is 5.32 Å². The number of nitrogens with two attached hydrogens (primary N) is 1. The lowest BCUT2D eigenvalue weighted by Crippen LogP contribution is -2.25. The van der Waals surface area contributed by atoms with Gasteiger partial charge in [-0.15, -0.1) is 11.3 Å². The first-order valence-electron chi connectivity index (χ1n) is 11.1. The molecule has 4 aromatic rings. The third-order valence-electron chi connectivity index (χ3n) is 5.81. The maximum atomic E-state index is 13.7. The van der Waals surface area contributed by atoms with Gasteiger partial charge in [0.1, 0.15) is 27.8 Å². The third kappa shape index (κ3) is 4.89. The van der Waals surface area contributed by atoms with Crippen molar-refractivity contribution < 1.29 is 23.3 Å². The van der Waals surface area contributed by atoms with E-state index in [-0.39, 0.29) is 33.0 Å². The molecule has 0 bridgehead atoms. The molecule has 1 atom stereocenters. The number of carbonyl (C=O) groups excluding carboxylic acids is 2. The number of aryl methyl sites for hydroxylation is 1. The van der Waals surface area contributed by atoms with Crippen LogP contribution in [0.2, 0.25) is 0 Å². The second-order valence-corrected chi connectivity index (χ2v) is 9.27. The van der Waals surface area contributed by atoms with Gasteiger partial charge in [-0.05, 0) is 25.5 Å². The zero-order valence-electron chi connectivity index (χ0n) is 19.9. The van der Waals surface area contributed by atoms with E-state index in [0.29, 0.717) is 23.4 Å². The van der Waals surface area contributed by atoms with Gasteiger partial charge in [0, 0.05) is 23.2 Å². The molecule has 0 spiro atoms. The van der Waals surface area contributed by atoms with Crippen LogP contribution in [-0.2, 0) is 17.9 Å². The number of hydrogen-bond donors (Lipinski definition) is 2. The molecule has 15 heteroatoms. The van der Waals surface area contributed by atoms with Gasteiger partial charge >= 0.3 is 5.69 Å². The number of aromatic nitrogens is 5. The molecule has 0 aliphatic rings. The second kappa shape index (κ2) is 10.0. The number of amides is 2. The van der Waals surface area contributed by atoms with Crippen molar-refractivity contribution in [1.29, 1.82) is 0 Å². The Morgan fingerprint density at radius 1 is 1.27 bits per heavy atom. The molecule has 194 valence electrons. The molecule has 3 N–H and O–H groups in total. The number of nitrogens with zero attached hydrogens (tertiary/aromatic N) is 6. The molecule has 0 aliphatic carbocycles. The molecule has 37 heavy (non-hydrogen) atoms. The molecular weight excluding hydrogens is 510 g/mol. The molecular formula is C22H22F2N8O4S. The van der Waals surface area contributed by atoms with E-state index in [1.54, 1.807) is 18.5 Å². The van der Waals surface area contributed by atoms with Crippen LogP contribution in [0, 0.1) is 23.0 Å². The number of hydrogen-bond acceptors (Lipinski definition) is 8. The third-order valence-corrected chi connectivity index (χ3v) is 6.91. The number of alkyl halides is 2. The van der Waals surface area contributed by atoms with Gasteiger partial charge in [0.05, 0.1) is 29.3 Å². The second-order valence-electron chi connectivity index (χ2n) is 8.27. The fourth-order valence-electron chi connectivity index (χ4n) is 3.92. The summed E-state index contributed by atoms with van der Waals surface area (Å²) in [7, 11) is 0. The number of nitrogens with one attached hydrogen (secondary N) is 1. The van der Waals surface area contributed by atoms with Crippen LogP contribution >= 0.6 is 11.3 Å². The lowest BCUT2D eigenvalue weighted by molar-refractivity contribution is -0.385. The van der Waals surface area contributed by atoms with E-state index in [4.69, 9.17) is 5.73 Å². The number of carbonyl (C=O) groups is 2. The van der Waals surface area contributed by atoms with E-state index in [1.807, 2.05) is 6.92 Å². The van der Waals surface area contributed by atoms with Crippen LogP contribution in [0.4, 0.5) is 20.2 Å². The normalized spacial score (nSPS) is 12.3. The number of anilines is 1. The molecule has 0 aromatic carbocycles. The van der Waals surface area contributed by atoms with Crippen LogP contribution in [0.15, 0.2) is 24.7 Å². The minimum atomic E-state index is -2.88. The van der Waals surface area contributed by atoms with E-state index in [0.717, 1.165) is 17.5 Å². The fourth-order valence-corrected chi connectivity index (χ4v) is 4.94. The highest BCUT2D eigenvalue weighted by Crippen LogP contribution is 2.43. The van der Waals surface area contributed by atoms with E-state index >= 15 is 0 Å². The number of rotatable bonds is 9. The van der Waals surface area contributed by atoms with Crippen molar-refractivity contribution in [3.63, 3.8) is 0 Å². The monoisotopic (exact) mass is 532 g/mol. The summed E-state index contributed by atoms with van der Waals surface area (Å²) in [5, 5.41) is 22.1. The minimum Gasteiger partial charge on any atom is -0.365 e. The molecule has 4 rings (SSSR count). The van der Waals surface area contributed by atoms with Crippen LogP contribution in [0.25, 0.3) is 21.3 Å². The number of nitro groups is 1. The highest BCUT2D eigenvalue weighted by molar-refractivity contribution is 7.21. The predicted octanol–water partition coefficient (Wildman–Crippen LogP) is 3.90. The average Bonchev–Trinajstić information content (AvgIpc) is 3.55. The van der Waals surface area contributed by atoms with Crippen LogP contribution < -0.4 is 11.1 Å². The van der Waals surface area contributed by atoms with Gasteiger partial charge in [-0.2, -0.15) is 10.2 Å². The summed E-state index contributed by atoms with van der Waals surface area (Å²) in [6, 6.07) is 1.22. The van der Waals surface area contributed by atoms with Crippen LogP contribution in [0.3, 0.4) is 0 Å². The first kappa shape index (κ1) is 25.8. The number of thiophene rings is 1. The lowest BCUT2D eigenvalue weighted by Gasteiger charge is -2.14. The van der Waals surface area contributed by atoms with Crippen molar-refractivity contribution in [2.24, 2.45) is 11.7 Å². The quantitative estimate of drug-likeness (QED) is 0.244. The highest BCUT2D eigenvalue weighted by Gasteiger charge is 2.27. The Labute approximate surface area is 212 Å². The smallest absolute Gasteiger partial charge is 0.306 e. The number of pyridine rings is 1. The van der Waals surface area contributed by atoms with Gasteiger partial charge in [-0.3, -0.25) is 29.1 Å². The topological polar surface area (TPSA) is 164 Å². The maximum absolute atomic E-state index is 13.7. The largest absolute Gasteiger partial charge is 0.365 e. The standard InChI is InChI=1S/C22H22F2N8O4S/c1-4-31-11(3)14(7-27-31)13-5-15(19(23)24)28-22-16(13)17(18(37-22)20(25)33)29-21(34)10(2)8-30-9-12(6-26-30)32(35)36/h5-7,9-10,19H,4,8H2,1-3H3,(H2,25,33)(H,29,34). The summed E-state index contributed by atoms with van der Waals surface area (Å²) in [5.41, 5.74) is 6.49. The fraction of sp³-hybridized carbons (Fsp3) is 0.318. The van der Waals surface area contributed by atoms with Gasteiger partial charge in [-0.1, -0.05) is 6.92 Å². The minimum absolute atomic E-state index is 0.0106. The molecule has 2 amide bonds. The Hall–Kier alpha value is -4.27. The SMILES string of the molecule is CCn1ncc(-c2cc(C(F)F)nc3sc(C(N)=O)c(NC(=O)C(C)Cn4cc([N+](=O)[O-])cn4)c23)c1C. The first-order chi connectivity index (χ1) is 17.5. The summed E-state index contributed by atoms with van der Waals surface area (Å²) >= 11 is 0.802.